The number of hydrogen-bond acceptors (Lipinski definition) is 5. The van der Waals surface area contributed by atoms with Gasteiger partial charge in [0.1, 0.15) is 0 Å². The first-order valence-corrected chi connectivity index (χ1v) is 8.43. The van der Waals surface area contributed by atoms with Gasteiger partial charge >= 0.3 is 0 Å². The fourth-order valence-corrected chi connectivity index (χ4v) is 3.23. The molecule has 0 radical (unpaired) electrons. The van der Waals surface area contributed by atoms with E-state index in [0.717, 1.165) is 28.8 Å². The predicted molar refractivity (Wildman–Crippen MR) is 94.8 cm³/mol. The standard InChI is InChI=1S/C18H20N6O/c1-12-11-23(9-8-19-12)18(25)17-13(2)24(22-21-17)15-5-6-16-14(10-15)4-3-7-20-16/h3-7,10,12,19H,8-9,11H2,1-2H3/t12-/m1/s1. The van der Waals surface area contributed by atoms with Crippen molar-refractivity contribution >= 4 is 16.8 Å². The summed E-state index contributed by atoms with van der Waals surface area (Å²) in [6.45, 7) is 6.14. The van der Waals surface area contributed by atoms with Gasteiger partial charge in [-0.25, -0.2) is 4.68 Å². The van der Waals surface area contributed by atoms with Crippen LogP contribution in [0.5, 0.6) is 0 Å². The van der Waals surface area contributed by atoms with Crippen molar-refractivity contribution in [3.8, 4) is 5.69 Å². The zero-order chi connectivity index (χ0) is 17.4. The second-order valence-corrected chi connectivity index (χ2v) is 6.42. The number of piperazine rings is 1. The van der Waals surface area contributed by atoms with Crippen LogP contribution in [-0.4, -0.2) is 56.5 Å². The zero-order valence-electron chi connectivity index (χ0n) is 14.3. The first kappa shape index (κ1) is 15.7. The van der Waals surface area contributed by atoms with Crippen LogP contribution in [0.4, 0.5) is 0 Å². The number of hydrogen-bond donors (Lipinski definition) is 1. The summed E-state index contributed by atoms with van der Waals surface area (Å²) in [5, 5.41) is 12.7. The molecular weight excluding hydrogens is 316 g/mol. The highest BCUT2D eigenvalue weighted by molar-refractivity contribution is 5.93. The minimum atomic E-state index is -0.0560. The molecule has 0 bridgehead atoms. The maximum Gasteiger partial charge on any atom is 0.276 e. The van der Waals surface area contributed by atoms with Crippen LogP contribution in [0.3, 0.4) is 0 Å². The quantitative estimate of drug-likeness (QED) is 0.768. The highest BCUT2D eigenvalue weighted by atomic mass is 16.2. The third-order valence-corrected chi connectivity index (χ3v) is 4.58. The number of pyridine rings is 1. The number of nitrogens with zero attached hydrogens (tertiary/aromatic N) is 5. The van der Waals surface area contributed by atoms with Crippen LogP contribution in [0.1, 0.15) is 23.1 Å². The van der Waals surface area contributed by atoms with Gasteiger partial charge in [0.05, 0.1) is 16.9 Å². The number of benzene rings is 1. The van der Waals surface area contributed by atoms with Crippen LogP contribution in [0.25, 0.3) is 16.6 Å². The van der Waals surface area contributed by atoms with Crippen LogP contribution in [-0.2, 0) is 0 Å². The molecule has 7 heteroatoms. The lowest BCUT2D eigenvalue weighted by atomic mass is 10.2. The molecule has 1 fully saturated rings. The molecule has 1 N–H and O–H groups in total. The molecule has 3 aromatic rings. The number of amides is 1. The highest BCUT2D eigenvalue weighted by Gasteiger charge is 2.26. The van der Waals surface area contributed by atoms with Gasteiger partial charge in [-0.05, 0) is 38.1 Å². The van der Waals surface area contributed by atoms with Crippen molar-refractivity contribution in [1.82, 2.24) is 30.2 Å². The molecular formula is C18H20N6O. The van der Waals surface area contributed by atoms with Crippen molar-refractivity contribution in [1.29, 1.82) is 0 Å². The summed E-state index contributed by atoms with van der Waals surface area (Å²) >= 11 is 0. The van der Waals surface area contributed by atoms with E-state index in [2.05, 4.69) is 27.5 Å². The van der Waals surface area contributed by atoms with Gasteiger partial charge in [-0.1, -0.05) is 11.3 Å². The van der Waals surface area contributed by atoms with Crippen LogP contribution < -0.4 is 5.32 Å². The van der Waals surface area contributed by atoms with Gasteiger partial charge in [-0.3, -0.25) is 9.78 Å². The first-order chi connectivity index (χ1) is 12.1. The average molecular weight is 336 g/mol. The normalized spacial score (nSPS) is 17.8. The number of rotatable bonds is 2. The molecule has 3 heterocycles. The van der Waals surface area contributed by atoms with E-state index in [9.17, 15) is 4.79 Å². The Balaban J connectivity index is 1.67. The molecule has 0 unspecified atom stereocenters. The van der Waals surface area contributed by atoms with Crippen molar-refractivity contribution < 1.29 is 4.79 Å². The fourth-order valence-electron chi connectivity index (χ4n) is 3.23. The van der Waals surface area contributed by atoms with Crippen molar-refractivity contribution in [2.24, 2.45) is 0 Å². The SMILES string of the molecule is Cc1c(C(=O)N2CCN[C@H](C)C2)nnn1-c1ccc2ncccc2c1. The summed E-state index contributed by atoms with van der Waals surface area (Å²) in [5.74, 6) is -0.0560. The molecule has 4 rings (SSSR count). The second-order valence-electron chi connectivity index (χ2n) is 6.42. The summed E-state index contributed by atoms with van der Waals surface area (Å²) in [6.07, 6.45) is 1.77. The van der Waals surface area contributed by atoms with Crippen molar-refractivity contribution in [3.63, 3.8) is 0 Å². The Morgan fingerprint density at radius 1 is 1.32 bits per heavy atom. The zero-order valence-corrected chi connectivity index (χ0v) is 14.3. The fraction of sp³-hybridized carbons (Fsp3) is 0.333. The van der Waals surface area contributed by atoms with Crippen LogP contribution >= 0.6 is 0 Å². The van der Waals surface area contributed by atoms with Gasteiger partial charge in [0.25, 0.3) is 5.91 Å². The lowest BCUT2D eigenvalue weighted by molar-refractivity contribution is 0.0702. The smallest absolute Gasteiger partial charge is 0.276 e. The van der Waals surface area contributed by atoms with Crippen molar-refractivity contribution in [3.05, 3.63) is 47.9 Å². The molecule has 0 saturated carbocycles. The molecule has 1 aliphatic heterocycles. The Hall–Kier alpha value is -2.80. The second kappa shape index (κ2) is 6.25. The Kier molecular flexibility index (Phi) is 3.93. The van der Waals surface area contributed by atoms with E-state index in [1.165, 1.54) is 0 Å². The molecule has 0 spiro atoms. The highest BCUT2D eigenvalue weighted by Crippen LogP contribution is 2.19. The van der Waals surface area contributed by atoms with E-state index in [1.54, 1.807) is 10.9 Å². The molecule has 1 amide bonds. The molecule has 1 saturated heterocycles. The van der Waals surface area contributed by atoms with Gasteiger partial charge in [-0.2, -0.15) is 0 Å². The average Bonchev–Trinajstić information content (AvgIpc) is 3.02. The lowest BCUT2D eigenvalue weighted by Crippen LogP contribution is -2.51. The van der Waals surface area contributed by atoms with E-state index >= 15 is 0 Å². The van der Waals surface area contributed by atoms with E-state index in [1.807, 2.05) is 42.2 Å². The van der Waals surface area contributed by atoms with Gasteiger partial charge in [0.2, 0.25) is 0 Å². The number of fused-ring (bicyclic) bond motifs is 1. The predicted octanol–water partition coefficient (Wildman–Crippen LogP) is 1.56. The van der Waals surface area contributed by atoms with Gasteiger partial charge in [-0.15, -0.1) is 5.10 Å². The maximum atomic E-state index is 12.8. The van der Waals surface area contributed by atoms with E-state index < -0.39 is 0 Å². The molecule has 1 atom stereocenters. The Labute approximate surface area is 145 Å². The van der Waals surface area contributed by atoms with Gasteiger partial charge in [0.15, 0.2) is 5.69 Å². The molecule has 7 nitrogen and oxygen atoms in total. The Morgan fingerprint density at radius 2 is 2.20 bits per heavy atom. The molecule has 128 valence electrons. The van der Waals surface area contributed by atoms with E-state index in [4.69, 9.17) is 0 Å². The monoisotopic (exact) mass is 336 g/mol. The number of carbonyl (C=O) groups excluding carboxylic acids is 1. The topological polar surface area (TPSA) is 75.9 Å². The lowest BCUT2D eigenvalue weighted by Gasteiger charge is -2.31. The molecule has 1 aliphatic rings. The maximum absolute atomic E-state index is 12.8. The number of aromatic nitrogens is 4. The summed E-state index contributed by atoms with van der Waals surface area (Å²) in [4.78, 5) is 19.0. The van der Waals surface area contributed by atoms with Crippen LogP contribution in [0.2, 0.25) is 0 Å². The van der Waals surface area contributed by atoms with Crippen LogP contribution in [0, 0.1) is 6.92 Å². The minimum Gasteiger partial charge on any atom is -0.334 e. The Bertz CT molecular complexity index is 934. The van der Waals surface area contributed by atoms with Crippen molar-refractivity contribution in [2.45, 2.75) is 19.9 Å². The number of carbonyl (C=O) groups is 1. The van der Waals surface area contributed by atoms with Gasteiger partial charge < -0.3 is 10.2 Å². The summed E-state index contributed by atoms with van der Waals surface area (Å²) < 4.78 is 1.71. The van der Waals surface area contributed by atoms with E-state index in [-0.39, 0.29) is 5.91 Å². The third-order valence-electron chi connectivity index (χ3n) is 4.58. The molecule has 2 aromatic heterocycles. The number of nitrogens with one attached hydrogen (secondary N) is 1. The summed E-state index contributed by atoms with van der Waals surface area (Å²) in [7, 11) is 0. The van der Waals surface area contributed by atoms with Crippen LogP contribution in [0.15, 0.2) is 36.5 Å². The third kappa shape index (κ3) is 2.87. The molecule has 0 aliphatic carbocycles. The van der Waals surface area contributed by atoms with Gasteiger partial charge in [0, 0.05) is 37.3 Å². The minimum absolute atomic E-state index is 0.0560. The summed E-state index contributed by atoms with van der Waals surface area (Å²) in [5.41, 5.74) is 2.97. The Morgan fingerprint density at radius 3 is 3.04 bits per heavy atom. The molecule has 25 heavy (non-hydrogen) atoms. The largest absolute Gasteiger partial charge is 0.334 e. The summed E-state index contributed by atoms with van der Waals surface area (Å²) in [6, 6.07) is 10.1. The first-order valence-electron chi connectivity index (χ1n) is 8.43. The van der Waals surface area contributed by atoms with Crippen molar-refractivity contribution in [2.75, 3.05) is 19.6 Å². The van der Waals surface area contributed by atoms with E-state index in [0.29, 0.717) is 24.8 Å². The molecule has 1 aromatic carbocycles.